The molecule has 0 atom stereocenters. The van der Waals surface area contributed by atoms with Crippen LogP contribution in [0, 0.1) is 6.92 Å². The summed E-state index contributed by atoms with van der Waals surface area (Å²) >= 11 is 0. The molecule has 1 fully saturated rings. The summed E-state index contributed by atoms with van der Waals surface area (Å²) in [5.74, 6) is 1.88. The van der Waals surface area contributed by atoms with Gasteiger partial charge in [0.15, 0.2) is 5.96 Å². The summed E-state index contributed by atoms with van der Waals surface area (Å²) < 4.78 is 0. The van der Waals surface area contributed by atoms with Gasteiger partial charge in [-0.05, 0) is 37.0 Å². The van der Waals surface area contributed by atoms with Crippen LogP contribution < -0.4 is 15.5 Å². The third-order valence-electron chi connectivity index (χ3n) is 4.50. The molecule has 6 heteroatoms. The van der Waals surface area contributed by atoms with Crippen molar-refractivity contribution in [1.82, 2.24) is 15.6 Å². The molecule has 1 aromatic carbocycles. The molecule has 0 amide bonds. The van der Waals surface area contributed by atoms with Gasteiger partial charge in [0.25, 0.3) is 0 Å². The van der Waals surface area contributed by atoms with Gasteiger partial charge in [0, 0.05) is 39.4 Å². The van der Waals surface area contributed by atoms with E-state index in [1.165, 1.54) is 24.0 Å². The molecule has 0 spiro atoms. The summed E-state index contributed by atoms with van der Waals surface area (Å²) in [6, 6.07) is 12.8. The van der Waals surface area contributed by atoms with Crippen LogP contribution in [-0.2, 0) is 13.1 Å². The van der Waals surface area contributed by atoms with Gasteiger partial charge in [0.1, 0.15) is 5.82 Å². The minimum Gasteiger partial charge on any atom is -0.357 e. The van der Waals surface area contributed by atoms with Gasteiger partial charge in [0.05, 0.1) is 0 Å². The maximum atomic E-state index is 4.59. The fourth-order valence-corrected chi connectivity index (χ4v) is 2.95. The van der Waals surface area contributed by atoms with E-state index in [1.807, 2.05) is 6.20 Å². The van der Waals surface area contributed by atoms with E-state index >= 15 is 0 Å². The molecule has 1 saturated heterocycles. The number of guanidine groups is 1. The van der Waals surface area contributed by atoms with Crippen LogP contribution in [-0.4, -0.2) is 31.1 Å². The predicted octanol–water partition coefficient (Wildman–Crippen LogP) is 3.47. The number of nitrogens with zero attached hydrogens (tertiary/aromatic N) is 3. The fourth-order valence-electron chi connectivity index (χ4n) is 2.95. The average Bonchev–Trinajstić information content (AvgIpc) is 3.18. The first-order valence-electron chi connectivity index (χ1n) is 8.94. The first-order valence-corrected chi connectivity index (χ1v) is 8.94. The lowest BCUT2D eigenvalue weighted by molar-refractivity contribution is 0.805. The molecule has 2 heterocycles. The molecule has 5 nitrogen and oxygen atoms in total. The smallest absolute Gasteiger partial charge is 0.191 e. The molecule has 0 unspecified atom stereocenters. The zero-order chi connectivity index (χ0) is 17.5. The lowest BCUT2D eigenvalue weighted by atomic mass is 10.1. The maximum absolute atomic E-state index is 4.59. The monoisotopic (exact) mass is 465 g/mol. The number of hydrogen-bond donors (Lipinski definition) is 2. The minimum absolute atomic E-state index is 0. The number of halogens is 1. The number of anilines is 1. The van der Waals surface area contributed by atoms with E-state index in [0.717, 1.165) is 37.0 Å². The van der Waals surface area contributed by atoms with E-state index in [9.17, 15) is 0 Å². The number of nitrogens with one attached hydrogen (secondary N) is 2. The molecule has 26 heavy (non-hydrogen) atoms. The van der Waals surface area contributed by atoms with Crippen LogP contribution >= 0.6 is 24.0 Å². The first-order chi connectivity index (χ1) is 12.2. The van der Waals surface area contributed by atoms with Crippen molar-refractivity contribution in [3.8, 4) is 0 Å². The van der Waals surface area contributed by atoms with Crippen molar-refractivity contribution >= 4 is 35.8 Å². The van der Waals surface area contributed by atoms with Crippen LogP contribution in [0.2, 0.25) is 0 Å². The van der Waals surface area contributed by atoms with E-state index in [-0.39, 0.29) is 24.0 Å². The quantitative estimate of drug-likeness (QED) is 0.404. The number of benzene rings is 1. The van der Waals surface area contributed by atoms with Gasteiger partial charge < -0.3 is 15.5 Å². The summed E-state index contributed by atoms with van der Waals surface area (Å²) in [5, 5.41) is 6.68. The lowest BCUT2D eigenvalue weighted by Gasteiger charge is -2.16. The van der Waals surface area contributed by atoms with Crippen LogP contribution in [0.5, 0.6) is 0 Å². The molecule has 1 aromatic heterocycles. The largest absolute Gasteiger partial charge is 0.357 e. The Morgan fingerprint density at radius 2 is 1.62 bits per heavy atom. The Kier molecular flexibility index (Phi) is 8.15. The van der Waals surface area contributed by atoms with E-state index < -0.39 is 0 Å². The Balaban J connectivity index is 0.00000243. The third-order valence-corrected chi connectivity index (χ3v) is 4.50. The van der Waals surface area contributed by atoms with E-state index in [2.05, 4.69) is 68.8 Å². The second-order valence-electron chi connectivity index (χ2n) is 6.48. The van der Waals surface area contributed by atoms with Crippen molar-refractivity contribution < 1.29 is 0 Å². The summed E-state index contributed by atoms with van der Waals surface area (Å²) in [5.41, 5.74) is 3.67. The van der Waals surface area contributed by atoms with Gasteiger partial charge >= 0.3 is 0 Å². The molecule has 1 aliphatic heterocycles. The molecule has 2 N–H and O–H groups in total. The van der Waals surface area contributed by atoms with E-state index in [1.54, 1.807) is 7.05 Å². The number of aryl methyl sites for hydroxylation is 1. The normalized spacial score (nSPS) is 14.1. The lowest BCUT2D eigenvalue weighted by Crippen LogP contribution is -2.36. The molecule has 0 bridgehead atoms. The zero-order valence-electron chi connectivity index (χ0n) is 15.5. The number of hydrogen-bond acceptors (Lipinski definition) is 3. The van der Waals surface area contributed by atoms with Crippen molar-refractivity contribution in [2.75, 3.05) is 25.0 Å². The maximum Gasteiger partial charge on any atom is 0.191 e. The average molecular weight is 465 g/mol. The van der Waals surface area contributed by atoms with Gasteiger partial charge in [-0.15, -0.1) is 24.0 Å². The topological polar surface area (TPSA) is 52.6 Å². The summed E-state index contributed by atoms with van der Waals surface area (Å²) in [4.78, 5) is 11.2. The molecule has 140 valence electrons. The summed E-state index contributed by atoms with van der Waals surface area (Å²) in [7, 11) is 1.79. The highest BCUT2D eigenvalue weighted by atomic mass is 127. The van der Waals surface area contributed by atoms with E-state index in [4.69, 9.17) is 0 Å². The highest BCUT2D eigenvalue weighted by Gasteiger charge is 2.12. The third kappa shape index (κ3) is 5.86. The van der Waals surface area contributed by atoms with Crippen molar-refractivity contribution in [3.05, 3.63) is 59.3 Å². The van der Waals surface area contributed by atoms with Crippen LogP contribution in [0.4, 0.5) is 5.82 Å². The summed E-state index contributed by atoms with van der Waals surface area (Å²) in [6.07, 6.45) is 4.50. The first kappa shape index (κ1) is 20.5. The Bertz CT molecular complexity index is 691. The van der Waals surface area contributed by atoms with E-state index in [0.29, 0.717) is 6.54 Å². The van der Waals surface area contributed by atoms with Gasteiger partial charge in [-0.2, -0.15) is 0 Å². The molecule has 1 aliphatic rings. The molecule has 0 saturated carbocycles. The number of aliphatic imine (C=N–C) groups is 1. The molecule has 2 aromatic rings. The Hall–Kier alpha value is -1.83. The second-order valence-corrected chi connectivity index (χ2v) is 6.48. The van der Waals surface area contributed by atoms with Crippen LogP contribution in [0.3, 0.4) is 0 Å². The van der Waals surface area contributed by atoms with Crippen molar-refractivity contribution in [3.63, 3.8) is 0 Å². The highest BCUT2D eigenvalue weighted by molar-refractivity contribution is 14.0. The van der Waals surface area contributed by atoms with Crippen molar-refractivity contribution in [2.45, 2.75) is 32.9 Å². The van der Waals surface area contributed by atoms with Crippen molar-refractivity contribution in [1.29, 1.82) is 0 Å². The highest BCUT2D eigenvalue weighted by Crippen LogP contribution is 2.17. The SMILES string of the molecule is CN=C(NCc1ccc(C)cc1)NCc1ccc(N2CCCC2)nc1.I. The molecular formula is C20H28IN5. The Labute approximate surface area is 173 Å². The summed E-state index contributed by atoms with van der Waals surface area (Å²) in [6.45, 7) is 5.81. The van der Waals surface area contributed by atoms with Gasteiger partial charge in [0.2, 0.25) is 0 Å². The van der Waals surface area contributed by atoms with Crippen LogP contribution in [0.25, 0.3) is 0 Å². The molecular weight excluding hydrogens is 437 g/mol. The Morgan fingerprint density at radius 3 is 2.19 bits per heavy atom. The molecule has 3 rings (SSSR count). The minimum atomic E-state index is 0. The number of rotatable bonds is 5. The van der Waals surface area contributed by atoms with Gasteiger partial charge in [-0.3, -0.25) is 4.99 Å². The van der Waals surface area contributed by atoms with Crippen molar-refractivity contribution in [2.24, 2.45) is 4.99 Å². The number of aromatic nitrogens is 1. The Morgan fingerprint density at radius 1 is 1.00 bits per heavy atom. The standard InChI is InChI=1S/C20H27N5.HI/c1-16-5-7-17(8-6-16)13-23-20(21-2)24-15-18-9-10-19(22-14-18)25-11-3-4-12-25;/h5-10,14H,3-4,11-13,15H2,1-2H3,(H2,21,23,24);1H. The molecule has 0 radical (unpaired) electrons. The van der Waals surface area contributed by atoms with Crippen LogP contribution in [0.1, 0.15) is 29.5 Å². The molecule has 0 aliphatic carbocycles. The van der Waals surface area contributed by atoms with Gasteiger partial charge in [-0.25, -0.2) is 4.98 Å². The second kappa shape index (κ2) is 10.4. The fraction of sp³-hybridized carbons (Fsp3) is 0.400. The van der Waals surface area contributed by atoms with Gasteiger partial charge in [-0.1, -0.05) is 35.9 Å². The number of pyridine rings is 1. The predicted molar refractivity (Wildman–Crippen MR) is 119 cm³/mol. The zero-order valence-corrected chi connectivity index (χ0v) is 17.9. The van der Waals surface area contributed by atoms with Crippen LogP contribution in [0.15, 0.2) is 47.6 Å².